The van der Waals surface area contributed by atoms with Crippen molar-refractivity contribution < 1.29 is 18.7 Å². The summed E-state index contributed by atoms with van der Waals surface area (Å²) in [6.07, 6.45) is 3.48. The number of carbonyl (C=O) groups excluding carboxylic acids is 1. The maximum atomic E-state index is 13.4. The molecule has 0 aliphatic carbocycles. The Kier molecular flexibility index (Phi) is 6.44. The highest BCUT2D eigenvalue weighted by Gasteiger charge is 2.34. The molecule has 1 aromatic carbocycles. The quantitative estimate of drug-likeness (QED) is 0.668. The van der Waals surface area contributed by atoms with E-state index in [0.29, 0.717) is 53.4 Å². The molecule has 3 heterocycles. The first-order valence-electron chi connectivity index (χ1n) is 10.2. The van der Waals surface area contributed by atoms with E-state index >= 15 is 0 Å². The standard InChI is InChI=1S/C22H24Cl2FN3O3/c1-30-20-18(23)15-7-9-28(12-16(15)19(24)21(20)31-2)22(29)13-4-3-8-27(11-13)17-6-5-14(25)10-26-17/h5-6,10,13H,3-4,7-9,11-12H2,1-2H3. The van der Waals surface area contributed by atoms with Gasteiger partial charge in [-0.2, -0.15) is 0 Å². The molecule has 1 unspecified atom stereocenters. The predicted molar refractivity (Wildman–Crippen MR) is 118 cm³/mol. The van der Waals surface area contributed by atoms with Crippen LogP contribution in [0.1, 0.15) is 24.0 Å². The summed E-state index contributed by atoms with van der Waals surface area (Å²) in [4.78, 5) is 21.4. The van der Waals surface area contributed by atoms with Crippen molar-refractivity contribution in [3.05, 3.63) is 45.3 Å². The molecule has 2 aliphatic rings. The average molecular weight is 468 g/mol. The molecule has 0 saturated carbocycles. The number of piperidine rings is 1. The zero-order valence-electron chi connectivity index (χ0n) is 17.5. The number of methoxy groups -OCH3 is 2. The van der Waals surface area contributed by atoms with E-state index < -0.39 is 0 Å². The van der Waals surface area contributed by atoms with Crippen LogP contribution in [0, 0.1) is 11.7 Å². The Morgan fingerprint density at radius 1 is 1.13 bits per heavy atom. The highest BCUT2D eigenvalue weighted by atomic mass is 35.5. The van der Waals surface area contributed by atoms with Gasteiger partial charge < -0.3 is 19.3 Å². The first-order chi connectivity index (χ1) is 14.9. The maximum absolute atomic E-state index is 13.4. The van der Waals surface area contributed by atoms with Gasteiger partial charge in [-0.05, 0) is 42.5 Å². The van der Waals surface area contributed by atoms with Crippen molar-refractivity contribution in [2.24, 2.45) is 5.92 Å². The average Bonchev–Trinajstić information content (AvgIpc) is 2.81. The van der Waals surface area contributed by atoms with Gasteiger partial charge in [-0.1, -0.05) is 23.2 Å². The monoisotopic (exact) mass is 467 g/mol. The van der Waals surface area contributed by atoms with Crippen LogP contribution < -0.4 is 14.4 Å². The molecule has 4 rings (SSSR count). The smallest absolute Gasteiger partial charge is 0.227 e. The van der Waals surface area contributed by atoms with Crippen molar-refractivity contribution in [1.29, 1.82) is 0 Å². The molecule has 2 aliphatic heterocycles. The van der Waals surface area contributed by atoms with E-state index in [2.05, 4.69) is 4.98 Å². The van der Waals surface area contributed by atoms with Gasteiger partial charge in [0.05, 0.1) is 36.4 Å². The van der Waals surface area contributed by atoms with Gasteiger partial charge in [0.25, 0.3) is 0 Å². The van der Waals surface area contributed by atoms with Crippen molar-refractivity contribution in [3.63, 3.8) is 0 Å². The molecule has 2 aromatic rings. The second-order valence-corrected chi connectivity index (χ2v) is 8.54. The van der Waals surface area contributed by atoms with E-state index in [1.54, 1.807) is 6.07 Å². The minimum atomic E-state index is -0.372. The molecular formula is C22H24Cl2FN3O3. The van der Waals surface area contributed by atoms with Crippen LogP contribution in [-0.2, 0) is 17.8 Å². The first-order valence-corrected chi connectivity index (χ1v) is 11.0. The van der Waals surface area contributed by atoms with Crippen molar-refractivity contribution in [1.82, 2.24) is 9.88 Å². The summed E-state index contributed by atoms with van der Waals surface area (Å²) in [5, 5.41) is 0.911. The highest BCUT2D eigenvalue weighted by molar-refractivity contribution is 6.37. The van der Waals surface area contributed by atoms with Gasteiger partial charge in [0.2, 0.25) is 5.91 Å². The van der Waals surface area contributed by atoms with Crippen molar-refractivity contribution in [3.8, 4) is 11.5 Å². The molecule has 1 fully saturated rings. The Morgan fingerprint density at radius 2 is 1.84 bits per heavy atom. The van der Waals surface area contributed by atoms with E-state index in [1.165, 1.54) is 26.5 Å². The van der Waals surface area contributed by atoms with E-state index in [-0.39, 0.29) is 17.6 Å². The zero-order chi connectivity index (χ0) is 22.1. The topological polar surface area (TPSA) is 54.9 Å². The normalized spacial score (nSPS) is 18.5. The first kappa shape index (κ1) is 22.0. The van der Waals surface area contributed by atoms with Gasteiger partial charge in [-0.15, -0.1) is 0 Å². The number of ether oxygens (including phenoxy) is 2. The molecule has 166 valence electrons. The van der Waals surface area contributed by atoms with Crippen LogP contribution >= 0.6 is 23.2 Å². The fourth-order valence-corrected chi connectivity index (χ4v) is 5.14. The molecule has 31 heavy (non-hydrogen) atoms. The summed E-state index contributed by atoms with van der Waals surface area (Å²) in [5.41, 5.74) is 1.70. The van der Waals surface area contributed by atoms with Crippen molar-refractivity contribution >= 4 is 34.9 Å². The minimum Gasteiger partial charge on any atom is -0.491 e. The SMILES string of the molecule is COc1c(Cl)c2c(c(Cl)c1OC)CN(C(=O)C1CCCN(c3ccc(F)cn3)C1)CC2. The largest absolute Gasteiger partial charge is 0.491 e. The molecule has 1 amide bonds. The summed E-state index contributed by atoms with van der Waals surface area (Å²) >= 11 is 13.2. The third kappa shape index (κ3) is 4.13. The summed E-state index contributed by atoms with van der Waals surface area (Å²) in [7, 11) is 3.04. The number of halogens is 3. The van der Waals surface area contributed by atoms with Crippen LogP contribution in [0.5, 0.6) is 11.5 Å². The summed E-state index contributed by atoms with van der Waals surface area (Å²) in [5.74, 6) is 1.05. The van der Waals surface area contributed by atoms with Gasteiger partial charge in [-0.25, -0.2) is 9.37 Å². The van der Waals surface area contributed by atoms with Crippen molar-refractivity contribution in [2.75, 3.05) is 38.8 Å². The zero-order valence-corrected chi connectivity index (χ0v) is 19.0. The van der Waals surface area contributed by atoms with E-state index in [0.717, 1.165) is 30.5 Å². The molecule has 1 atom stereocenters. The Morgan fingerprint density at radius 3 is 2.48 bits per heavy atom. The van der Waals surface area contributed by atoms with Gasteiger partial charge in [0.15, 0.2) is 11.5 Å². The summed E-state index contributed by atoms with van der Waals surface area (Å²) in [6.45, 7) is 2.28. The minimum absolute atomic E-state index is 0.0828. The fourth-order valence-electron chi connectivity index (χ4n) is 4.43. The van der Waals surface area contributed by atoms with Crippen LogP contribution in [0.25, 0.3) is 0 Å². The number of rotatable bonds is 4. The Labute approximate surface area is 190 Å². The molecular weight excluding hydrogens is 444 g/mol. The molecule has 1 saturated heterocycles. The molecule has 0 bridgehead atoms. The number of hydrogen-bond acceptors (Lipinski definition) is 5. The number of nitrogens with zero attached hydrogens (tertiary/aromatic N) is 3. The van der Waals surface area contributed by atoms with Gasteiger partial charge in [0.1, 0.15) is 11.6 Å². The lowest BCUT2D eigenvalue weighted by molar-refractivity contribution is -0.136. The van der Waals surface area contributed by atoms with E-state index in [9.17, 15) is 9.18 Å². The van der Waals surface area contributed by atoms with Crippen LogP contribution in [0.4, 0.5) is 10.2 Å². The lowest BCUT2D eigenvalue weighted by Gasteiger charge is -2.37. The van der Waals surface area contributed by atoms with Crippen LogP contribution in [0.2, 0.25) is 10.0 Å². The molecule has 1 aromatic heterocycles. The second-order valence-electron chi connectivity index (χ2n) is 7.78. The number of fused-ring (bicyclic) bond motifs is 1. The van der Waals surface area contributed by atoms with Gasteiger partial charge >= 0.3 is 0 Å². The van der Waals surface area contributed by atoms with Crippen molar-refractivity contribution in [2.45, 2.75) is 25.8 Å². The summed E-state index contributed by atoms with van der Waals surface area (Å²) in [6, 6.07) is 3.05. The Bertz CT molecular complexity index is 987. The van der Waals surface area contributed by atoms with E-state index in [4.69, 9.17) is 32.7 Å². The number of aromatic nitrogens is 1. The van der Waals surface area contributed by atoms with E-state index in [1.807, 2.05) is 9.80 Å². The van der Waals surface area contributed by atoms with Crippen LogP contribution in [0.3, 0.4) is 0 Å². The second kappa shape index (κ2) is 9.09. The predicted octanol–water partition coefficient (Wildman–Crippen LogP) is 4.35. The Hall–Kier alpha value is -2.25. The van der Waals surface area contributed by atoms with Gasteiger partial charge in [0, 0.05) is 26.2 Å². The Balaban J connectivity index is 1.53. The third-order valence-corrected chi connectivity index (χ3v) is 6.81. The number of benzene rings is 1. The lowest BCUT2D eigenvalue weighted by Crippen LogP contribution is -2.46. The van der Waals surface area contributed by atoms with Crippen LogP contribution in [-0.4, -0.2) is 49.6 Å². The van der Waals surface area contributed by atoms with Gasteiger partial charge in [-0.3, -0.25) is 4.79 Å². The molecule has 6 nitrogen and oxygen atoms in total. The number of anilines is 1. The summed E-state index contributed by atoms with van der Waals surface area (Å²) < 4.78 is 24.0. The molecule has 9 heteroatoms. The highest BCUT2D eigenvalue weighted by Crippen LogP contribution is 2.47. The van der Waals surface area contributed by atoms with Crippen LogP contribution in [0.15, 0.2) is 18.3 Å². The molecule has 0 spiro atoms. The number of pyridine rings is 1. The number of carbonyl (C=O) groups is 1. The molecule has 0 N–H and O–H groups in total. The lowest BCUT2D eigenvalue weighted by atomic mass is 9.93. The molecule has 0 radical (unpaired) electrons. The maximum Gasteiger partial charge on any atom is 0.227 e. The third-order valence-electron chi connectivity index (χ3n) is 6.01. The number of hydrogen-bond donors (Lipinski definition) is 0. The fraction of sp³-hybridized carbons (Fsp3) is 0.455. The number of amides is 1.